The third kappa shape index (κ3) is 3.96. The SMILES string of the molecule is Cc1nn(-c2ccccc2)c(Cl)c1/C=C/C(=O)NCCCO. The van der Waals surface area contributed by atoms with Gasteiger partial charge < -0.3 is 10.4 Å². The molecule has 6 heteroatoms. The van der Waals surface area contributed by atoms with Crippen LogP contribution < -0.4 is 5.32 Å². The third-order valence-corrected chi connectivity index (χ3v) is 3.45. The highest BCUT2D eigenvalue weighted by molar-refractivity contribution is 6.31. The van der Waals surface area contributed by atoms with Crippen LogP contribution in [0.25, 0.3) is 11.8 Å². The Kier molecular flexibility index (Phi) is 5.75. The number of carbonyl (C=O) groups excluding carboxylic acids is 1. The van der Waals surface area contributed by atoms with Gasteiger partial charge in [0.2, 0.25) is 5.91 Å². The highest BCUT2D eigenvalue weighted by atomic mass is 35.5. The van der Waals surface area contributed by atoms with E-state index in [2.05, 4.69) is 10.4 Å². The Bertz CT molecular complexity index is 666. The zero-order valence-corrected chi connectivity index (χ0v) is 13.0. The molecule has 0 bridgehead atoms. The Morgan fingerprint density at radius 3 is 2.82 bits per heavy atom. The van der Waals surface area contributed by atoms with Gasteiger partial charge in [-0.15, -0.1) is 0 Å². The predicted octanol–water partition coefficient (Wildman–Crippen LogP) is 2.35. The molecule has 0 saturated carbocycles. The monoisotopic (exact) mass is 319 g/mol. The molecule has 0 radical (unpaired) electrons. The molecule has 0 atom stereocenters. The number of aromatic nitrogens is 2. The van der Waals surface area contributed by atoms with Gasteiger partial charge in [0.1, 0.15) is 5.15 Å². The summed E-state index contributed by atoms with van der Waals surface area (Å²) in [6.45, 7) is 2.34. The van der Waals surface area contributed by atoms with Crippen molar-refractivity contribution in [2.24, 2.45) is 0 Å². The number of nitrogens with zero attached hydrogens (tertiary/aromatic N) is 2. The summed E-state index contributed by atoms with van der Waals surface area (Å²) in [6.07, 6.45) is 3.60. The van der Waals surface area contributed by atoms with Gasteiger partial charge in [-0.05, 0) is 31.6 Å². The molecule has 0 aliphatic rings. The van der Waals surface area contributed by atoms with Crippen LogP contribution in [-0.2, 0) is 4.79 Å². The van der Waals surface area contributed by atoms with Gasteiger partial charge in [-0.3, -0.25) is 4.79 Å². The second kappa shape index (κ2) is 7.77. The topological polar surface area (TPSA) is 67.2 Å². The molecule has 1 aromatic heterocycles. The van der Waals surface area contributed by atoms with Crippen LogP contribution in [0.5, 0.6) is 0 Å². The molecule has 0 aliphatic carbocycles. The maximum atomic E-state index is 11.6. The molecule has 0 spiro atoms. The van der Waals surface area contributed by atoms with E-state index in [4.69, 9.17) is 16.7 Å². The van der Waals surface area contributed by atoms with Crippen LogP contribution in [0.1, 0.15) is 17.7 Å². The molecule has 0 unspecified atom stereocenters. The smallest absolute Gasteiger partial charge is 0.244 e. The fourth-order valence-electron chi connectivity index (χ4n) is 1.95. The standard InChI is InChI=1S/C16H18ClN3O2/c1-12-14(8-9-15(22)18-10-5-11-21)16(17)20(19-12)13-6-3-2-4-7-13/h2-4,6-9,21H,5,10-11H2,1H3,(H,18,22)/b9-8+. The van der Waals surface area contributed by atoms with Gasteiger partial charge in [-0.2, -0.15) is 5.10 Å². The highest BCUT2D eigenvalue weighted by Gasteiger charge is 2.12. The minimum absolute atomic E-state index is 0.0543. The van der Waals surface area contributed by atoms with Crippen molar-refractivity contribution in [3.8, 4) is 5.69 Å². The number of amides is 1. The lowest BCUT2D eigenvalue weighted by molar-refractivity contribution is -0.116. The van der Waals surface area contributed by atoms with Crippen LogP contribution in [-0.4, -0.2) is 33.9 Å². The summed E-state index contributed by atoms with van der Waals surface area (Å²) in [4.78, 5) is 11.6. The van der Waals surface area contributed by atoms with Crippen molar-refractivity contribution in [2.45, 2.75) is 13.3 Å². The zero-order valence-electron chi connectivity index (χ0n) is 12.3. The molecule has 1 heterocycles. The van der Waals surface area contributed by atoms with Gasteiger partial charge in [-0.1, -0.05) is 29.8 Å². The van der Waals surface area contributed by atoms with E-state index in [1.807, 2.05) is 37.3 Å². The number of nitrogens with one attached hydrogen (secondary N) is 1. The Labute approximate surface area is 134 Å². The van der Waals surface area contributed by atoms with E-state index in [0.29, 0.717) is 23.7 Å². The predicted molar refractivity (Wildman–Crippen MR) is 87.1 cm³/mol. The molecule has 1 aromatic carbocycles. The number of hydrogen-bond acceptors (Lipinski definition) is 3. The molecule has 1 amide bonds. The molecule has 116 valence electrons. The van der Waals surface area contributed by atoms with Crippen molar-refractivity contribution in [2.75, 3.05) is 13.2 Å². The van der Waals surface area contributed by atoms with E-state index in [0.717, 1.165) is 11.4 Å². The van der Waals surface area contributed by atoms with Gasteiger partial charge in [0.05, 0.1) is 11.4 Å². The molecule has 5 nitrogen and oxygen atoms in total. The van der Waals surface area contributed by atoms with E-state index >= 15 is 0 Å². The molecular formula is C16H18ClN3O2. The van der Waals surface area contributed by atoms with Crippen molar-refractivity contribution in [1.82, 2.24) is 15.1 Å². The fraction of sp³-hybridized carbons (Fsp3) is 0.250. The summed E-state index contributed by atoms with van der Waals surface area (Å²) < 4.78 is 1.64. The van der Waals surface area contributed by atoms with Gasteiger partial charge in [0, 0.05) is 24.8 Å². The molecule has 0 aliphatic heterocycles. The van der Waals surface area contributed by atoms with Crippen molar-refractivity contribution >= 4 is 23.6 Å². The number of rotatable bonds is 6. The maximum absolute atomic E-state index is 11.6. The Morgan fingerprint density at radius 1 is 1.41 bits per heavy atom. The van der Waals surface area contributed by atoms with E-state index in [1.54, 1.807) is 10.8 Å². The minimum Gasteiger partial charge on any atom is -0.396 e. The normalized spacial score (nSPS) is 11.0. The summed E-state index contributed by atoms with van der Waals surface area (Å²) in [5.74, 6) is -0.226. The molecule has 2 aromatic rings. The van der Waals surface area contributed by atoms with Crippen LogP contribution in [0.15, 0.2) is 36.4 Å². The van der Waals surface area contributed by atoms with Crippen LogP contribution in [0.3, 0.4) is 0 Å². The summed E-state index contributed by atoms with van der Waals surface area (Å²) in [7, 11) is 0. The van der Waals surface area contributed by atoms with Gasteiger partial charge in [0.25, 0.3) is 0 Å². The number of aliphatic hydroxyl groups excluding tert-OH is 1. The summed E-state index contributed by atoms with van der Waals surface area (Å²) >= 11 is 6.36. The quantitative estimate of drug-likeness (QED) is 0.634. The molecular weight excluding hydrogens is 302 g/mol. The lowest BCUT2D eigenvalue weighted by Gasteiger charge is -2.02. The van der Waals surface area contributed by atoms with Crippen molar-refractivity contribution in [3.63, 3.8) is 0 Å². The third-order valence-electron chi connectivity index (χ3n) is 3.08. The number of para-hydroxylation sites is 1. The van der Waals surface area contributed by atoms with Crippen molar-refractivity contribution in [1.29, 1.82) is 0 Å². The molecule has 22 heavy (non-hydrogen) atoms. The molecule has 2 rings (SSSR count). The number of halogens is 1. The van der Waals surface area contributed by atoms with Crippen molar-refractivity contribution < 1.29 is 9.90 Å². The average Bonchev–Trinajstić information content (AvgIpc) is 2.81. The fourth-order valence-corrected chi connectivity index (χ4v) is 2.28. The Morgan fingerprint density at radius 2 is 2.14 bits per heavy atom. The second-order valence-electron chi connectivity index (χ2n) is 4.74. The minimum atomic E-state index is -0.226. The van der Waals surface area contributed by atoms with Crippen LogP contribution >= 0.6 is 11.6 Å². The highest BCUT2D eigenvalue weighted by Crippen LogP contribution is 2.24. The summed E-state index contributed by atoms with van der Waals surface area (Å²) in [6, 6.07) is 9.56. The zero-order chi connectivity index (χ0) is 15.9. The van der Waals surface area contributed by atoms with E-state index in [-0.39, 0.29) is 12.5 Å². The maximum Gasteiger partial charge on any atom is 0.244 e. The molecule has 0 fully saturated rings. The average molecular weight is 320 g/mol. The summed E-state index contributed by atoms with van der Waals surface area (Å²) in [5.41, 5.74) is 2.32. The second-order valence-corrected chi connectivity index (χ2v) is 5.10. The Hall–Kier alpha value is -2.11. The first-order valence-corrected chi connectivity index (χ1v) is 7.38. The van der Waals surface area contributed by atoms with E-state index in [1.165, 1.54) is 6.08 Å². The van der Waals surface area contributed by atoms with Crippen LogP contribution in [0, 0.1) is 6.92 Å². The number of benzene rings is 1. The Balaban J connectivity index is 2.16. The van der Waals surface area contributed by atoms with Crippen LogP contribution in [0.4, 0.5) is 0 Å². The van der Waals surface area contributed by atoms with Gasteiger partial charge in [-0.25, -0.2) is 4.68 Å². The molecule has 2 N–H and O–H groups in total. The first-order valence-electron chi connectivity index (χ1n) is 7.01. The van der Waals surface area contributed by atoms with Crippen LogP contribution in [0.2, 0.25) is 5.15 Å². The summed E-state index contributed by atoms with van der Waals surface area (Å²) in [5, 5.41) is 16.2. The molecule has 0 saturated heterocycles. The van der Waals surface area contributed by atoms with Gasteiger partial charge in [0.15, 0.2) is 0 Å². The van der Waals surface area contributed by atoms with Gasteiger partial charge >= 0.3 is 0 Å². The van der Waals surface area contributed by atoms with Crippen molar-refractivity contribution in [3.05, 3.63) is 52.8 Å². The first kappa shape index (κ1) is 16.3. The first-order chi connectivity index (χ1) is 10.6. The lowest BCUT2D eigenvalue weighted by Crippen LogP contribution is -2.22. The number of hydrogen-bond donors (Lipinski definition) is 2. The van der Waals surface area contributed by atoms with E-state index < -0.39 is 0 Å². The largest absolute Gasteiger partial charge is 0.396 e. The number of aryl methyl sites for hydroxylation is 1. The van der Waals surface area contributed by atoms with E-state index in [9.17, 15) is 4.79 Å². The number of aliphatic hydroxyl groups is 1. The number of carbonyl (C=O) groups is 1. The lowest BCUT2D eigenvalue weighted by atomic mass is 10.2.